The summed E-state index contributed by atoms with van der Waals surface area (Å²) in [7, 11) is 0. The zero-order valence-corrected chi connectivity index (χ0v) is 17.6. The SMILES string of the molecule is CCCCCOc1ccc(C(=O)CCC(=O)Nc2cc(F)c(F)cc2NC(C)=O)cc1. The Morgan fingerprint density at radius 1 is 0.903 bits per heavy atom. The summed E-state index contributed by atoms with van der Waals surface area (Å²) in [5.74, 6) is -2.96. The molecule has 0 saturated heterocycles. The van der Waals surface area contributed by atoms with Gasteiger partial charge in [0.1, 0.15) is 5.75 Å². The number of halogens is 2. The van der Waals surface area contributed by atoms with Crippen LogP contribution in [0.4, 0.5) is 20.2 Å². The molecule has 0 aliphatic heterocycles. The molecule has 166 valence electrons. The van der Waals surface area contributed by atoms with Crippen molar-refractivity contribution in [3.05, 3.63) is 53.6 Å². The van der Waals surface area contributed by atoms with Crippen LogP contribution in [-0.2, 0) is 9.59 Å². The third-order valence-corrected chi connectivity index (χ3v) is 4.42. The molecule has 2 aromatic rings. The number of unbranched alkanes of at least 4 members (excludes halogenated alkanes) is 2. The van der Waals surface area contributed by atoms with E-state index in [9.17, 15) is 23.2 Å². The fourth-order valence-electron chi connectivity index (χ4n) is 2.81. The predicted octanol–water partition coefficient (Wildman–Crippen LogP) is 5.09. The Labute approximate surface area is 180 Å². The van der Waals surface area contributed by atoms with Crippen molar-refractivity contribution < 1.29 is 27.9 Å². The summed E-state index contributed by atoms with van der Waals surface area (Å²) in [4.78, 5) is 35.8. The second-order valence-corrected chi connectivity index (χ2v) is 7.04. The third kappa shape index (κ3) is 7.81. The average Bonchev–Trinajstić information content (AvgIpc) is 2.73. The van der Waals surface area contributed by atoms with Crippen molar-refractivity contribution >= 4 is 29.0 Å². The number of hydrogen-bond donors (Lipinski definition) is 2. The van der Waals surface area contributed by atoms with Crippen molar-refractivity contribution in [1.29, 1.82) is 0 Å². The van der Waals surface area contributed by atoms with Gasteiger partial charge in [0.25, 0.3) is 0 Å². The van der Waals surface area contributed by atoms with E-state index in [1.165, 1.54) is 6.92 Å². The van der Waals surface area contributed by atoms with Crippen LogP contribution in [0.1, 0.15) is 56.3 Å². The van der Waals surface area contributed by atoms with Gasteiger partial charge in [0.05, 0.1) is 18.0 Å². The monoisotopic (exact) mass is 432 g/mol. The lowest BCUT2D eigenvalue weighted by Crippen LogP contribution is -2.16. The predicted molar refractivity (Wildman–Crippen MR) is 114 cm³/mol. The summed E-state index contributed by atoms with van der Waals surface area (Å²) in [5, 5.41) is 4.73. The Balaban J connectivity index is 1.90. The number of ketones is 1. The first-order chi connectivity index (χ1) is 14.8. The minimum absolute atomic E-state index is 0.0678. The highest BCUT2D eigenvalue weighted by Gasteiger charge is 2.15. The summed E-state index contributed by atoms with van der Waals surface area (Å²) in [5.41, 5.74) is 0.289. The Hall–Kier alpha value is -3.29. The number of Topliss-reactive ketones (excluding diaryl/α,β-unsaturated/α-hetero) is 1. The van der Waals surface area contributed by atoms with Crippen LogP contribution in [0.25, 0.3) is 0 Å². The number of hydrogen-bond acceptors (Lipinski definition) is 4. The van der Waals surface area contributed by atoms with Crippen LogP contribution in [0.15, 0.2) is 36.4 Å². The van der Waals surface area contributed by atoms with Gasteiger partial charge < -0.3 is 15.4 Å². The van der Waals surface area contributed by atoms with Crippen molar-refractivity contribution in [2.24, 2.45) is 0 Å². The molecule has 0 spiro atoms. The highest BCUT2D eigenvalue weighted by atomic mass is 19.2. The molecule has 0 heterocycles. The highest BCUT2D eigenvalue weighted by Crippen LogP contribution is 2.25. The van der Waals surface area contributed by atoms with Crippen molar-refractivity contribution in [3.8, 4) is 5.75 Å². The van der Waals surface area contributed by atoms with E-state index < -0.39 is 23.4 Å². The molecule has 2 rings (SSSR count). The van der Waals surface area contributed by atoms with Crippen LogP contribution in [0.5, 0.6) is 5.75 Å². The summed E-state index contributed by atoms with van der Waals surface area (Å²) in [6.07, 6.45) is 2.94. The topological polar surface area (TPSA) is 84.5 Å². The Kier molecular flexibility index (Phi) is 9.12. The summed E-state index contributed by atoms with van der Waals surface area (Å²) >= 11 is 0. The first-order valence-corrected chi connectivity index (χ1v) is 10.1. The zero-order chi connectivity index (χ0) is 22.8. The number of anilines is 2. The Bertz CT molecular complexity index is 930. The van der Waals surface area contributed by atoms with E-state index in [1.54, 1.807) is 24.3 Å². The van der Waals surface area contributed by atoms with Crippen molar-refractivity contribution in [2.75, 3.05) is 17.2 Å². The van der Waals surface area contributed by atoms with E-state index in [1.807, 2.05) is 0 Å². The van der Waals surface area contributed by atoms with Crippen LogP contribution >= 0.6 is 0 Å². The lowest BCUT2D eigenvalue weighted by molar-refractivity contribution is -0.116. The maximum Gasteiger partial charge on any atom is 0.224 e. The second kappa shape index (κ2) is 11.8. The molecule has 0 atom stereocenters. The zero-order valence-electron chi connectivity index (χ0n) is 17.6. The van der Waals surface area contributed by atoms with Gasteiger partial charge in [-0.3, -0.25) is 14.4 Å². The minimum Gasteiger partial charge on any atom is -0.494 e. The molecule has 2 amide bonds. The maximum atomic E-state index is 13.5. The second-order valence-electron chi connectivity index (χ2n) is 7.04. The van der Waals surface area contributed by atoms with E-state index in [0.29, 0.717) is 17.9 Å². The van der Waals surface area contributed by atoms with E-state index in [-0.39, 0.29) is 30.0 Å². The standard InChI is InChI=1S/C23H26F2N2O4/c1-3-4-5-12-31-17-8-6-16(7-9-17)22(29)10-11-23(30)27-21-14-19(25)18(24)13-20(21)26-15(2)28/h6-9,13-14H,3-5,10-12H2,1-2H3,(H,26,28)(H,27,30). The van der Waals surface area contributed by atoms with Gasteiger partial charge in [0, 0.05) is 37.5 Å². The van der Waals surface area contributed by atoms with Crippen molar-refractivity contribution in [2.45, 2.75) is 46.0 Å². The molecule has 8 heteroatoms. The molecule has 2 aromatic carbocycles. The fraction of sp³-hybridized carbons (Fsp3) is 0.348. The first-order valence-electron chi connectivity index (χ1n) is 10.1. The molecule has 0 fully saturated rings. The van der Waals surface area contributed by atoms with Gasteiger partial charge >= 0.3 is 0 Å². The van der Waals surface area contributed by atoms with Gasteiger partial charge in [0.2, 0.25) is 11.8 Å². The highest BCUT2D eigenvalue weighted by molar-refractivity contribution is 6.02. The number of amides is 2. The van der Waals surface area contributed by atoms with Crippen LogP contribution in [0, 0.1) is 11.6 Å². The van der Waals surface area contributed by atoms with Gasteiger partial charge in [-0.1, -0.05) is 19.8 Å². The van der Waals surface area contributed by atoms with Crippen molar-refractivity contribution in [1.82, 2.24) is 0 Å². The van der Waals surface area contributed by atoms with Gasteiger partial charge in [-0.25, -0.2) is 8.78 Å². The van der Waals surface area contributed by atoms with Gasteiger partial charge in [-0.15, -0.1) is 0 Å². The van der Waals surface area contributed by atoms with E-state index in [4.69, 9.17) is 4.74 Å². The van der Waals surface area contributed by atoms with Crippen LogP contribution in [0.3, 0.4) is 0 Å². The van der Waals surface area contributed by atoms with E-state index in [0.717, 1.165) is 31.4 Å². The lowest BCUT2D eigenvalue weighted by atomic mass is 10.1. The smallest absolute Gasteiger partial charge is 0.224 e. The Morgan fingerprint density at radius 3 is 2.10 bits per heavy atom. The fourth-order valence-corrected chi connectivity index (χ4v) is 2.81. The molecular formula is C23H26F2N2O4. The number of carbonyl (C=O) groups excluding carboxylic acids is 3. The lowest BCUT2D eigenvalue weighted by Gasteiger charge is -2.12. The maximum absolute atomic E-state index is 13.5. The third-order valence-electron chi connectivity index (χ3n) is 4.42. The molecule has 0 radical (unpaired) electrons. The number of benzene rings is 2. The number of nitrogens with one attached hydrogen (secondary N) is 2. The van der Waals surface area contributed by atoms with Crippen LogP contribution < -0.4 is 15.4 Å². The summed E-state index contributed by atoms with van der Waals surface area (Å²) in [6.45, 7) is 3.93. The first kappa shape index (κ1) is 24.0. The molecule has 0 aromatic heterocycles. The molecule has 2 N–H and O–H groups in total. The summed E-state index contributed by atoms with van der Waals surface area (Å²) < 4.78 is 32.6. The largest absolute Gasteiger partial charge is 0.494 e. The molecular weight excluding hydrogens is 406 g/mol. The van der Waals surface area contributed by atoms with Crippen LogP contribution in [0.2, 0.25) is 0 Å². The molecule has 0 aliphatic rings. The van der Waals surface area contributed by atoms with Gasteiger partial charge in [0.15, 0.2) is 17.4 Å². The van der Waals surface area contributed by atoms with Crippen LogP contribution in [-0.4, -0.2) is 24.2 Å². The minimum atomic E-state index is -1.17. The molecule has 0 unspecified atom stereocenters. The van der Waals surface area contributed by atoms with Crippen molar-refractivity contribution in [3.63, 3.8) is 0 Å². The molecule has 0 aliphatic carbocycles. The van der Waals surface area contributed by atoms with Gasteiger partial charge in [-0.05, 0) is 30.7 Å². The van der Waals surface area contributed by atoms with Gasteiger partial charge in [-0.2, -0.15) is 0 Å². The molecule has 6 nitrogen and oxygen atoms in total. The molecule has 0 bridgehead atoms. The Morgan fingerprint density at radius 2 is 1.52 bits per heavy atom. The molecule has 31 heavy (non-hydrogen) atoms. The number of carbonyl (C=O) groups is 3. The van der Waals surface area contributed by atoms with E-state index in [2.05, 4.69) is 17.6 Å². The van der Waals surface area contributed by atoms with E-state index >= 15 is 0 Å². The summed E-state index contributed by atoms with van der Waals surface area (Å²) in [6, 6.07) is 8.25. The average molecular weight is 432 g/mol. The quantitative estimate of drug-likeness (QED) is 0.382. The number of ether oxygens (including phenoxy) is 1. The normalized spacial score (nSPS) is 10.5. The number of rotatable bonds is 11. The molecule has 0 saturated carbocycles.